The second-order valence-electron chi connectivity index (χ2n) is 5.95. The molecule has 0 aromatic heterocycles. The fraction of sp³-hybridized carbons (Fsp3) is 0.0909. The number of carbonyl (C=O) groups excluding carboxylic acids is 1. The van der Waals surface area contributed by atoms with E-state index in [1.54, 1.807) is 48.5 Å². The van der Waals surface area contributed by atoms with Crippen molar-refractivity contribution >= 4 is 35.1 Å². The van der Waals surface area contributed by atoms with Gasteiger partial charge in [0, 0.05) is 27.2 Å². The third kappa shape index (κ3) is 5.00. The number of halogens is 1. The smallest absolute Gasteiger partial charge is 0.336 e. The predicted molar refractivity (Wildman–Crippen MR) is 109 cm³/mol. The second kappa shape index (κ2) is 8.89. The van der Waals surface area contributed by atoms with E-state index in [1.807, 2.05) is 30.3 Å². The number of carboxylic acids is 1. The summed E-state index contributed by atoms with van der Waals surface area (Å²) in [5.74, 6) is -0.974. The molecular formula is C22H17ClO3S. The number of hydrogen-bond donors (Lipinski definition) is 1. The summed E-state index contributed by atoms with van der Waals surface area (Å²) in [5.41, 5.74) is 1.80. The van der Waals surface area contributed by atoms with Gasteiger partial charge in [0.2, 0.25) is 0 Å². The fourth-order valence-electron chi connectivity index (χ4n) is 2.71. The van der Waals surface area contributed by atoms with E-state index in [2.05, 4.69) is 0 Å². The van der Waals surface area contributed by atoms with Crippen molar-refractivity contribution in [2.75, 3.05) is 0 Å². The Labute approximate surface area is 167 Å². The van der Waals surface area contributed by atoms with E-state index >= 15 is 0 Å². The Bertz CT molecular complexity index is 939. The third-order valence-corrected chi connectivity index (χ3v) is 5.68. The minimum absolute atomic E-state index is 0.0101. The molecule has 0 saturated heterocycles. The number of benzene rings is 3. The number of carboxylic acid groups (broad SMARTS) is 1. The van der Waals surface area contributed by atoms with E-state index < -0.39 is 5.97 Å². The van der Waals surface area contributed by atoms with Crippen molar-refractivity contribution in [2.45, 2.75) is 16.6 Å². The molecule has 0 fully saturated rings. The highest BCUT2D eigenvalue weighted by Crippen LogP contribution is 2.40. The van der Waals surface area contributed by atoms with E-state index in [4.69, 9.17) is 11.6 Å². The summed E-state index contributed by atoms with van der Waals surface area (Å²) in [5, 5.41) is 9.83. The highest BCUT2D eigenvalue weighted by Gasteiger charge is 2.21. The highest BCUT2D eigenvalue weighted by molar-refractivity contribution is 7.99. The largest absolute Gasteiger partial charge is 0.478 e. The molecule has 0 aliphatic rings. The van der Waals surface area contributed by atoms with E-state index in [0.717, 1.165) is 5.56 Å². The second-order valence-corrected chi connectivity index (χ2v) is 7.63. The molecule has 27 heavy (non-hydrogen) atoms. The van der Waals surface area contributed by atoms with Crippen LogP contribution in [0.15, 0.2) is 83.8 Å². The van der Waals surface area contributed by atoms with Gasteiger partial charge in [0.05, 0.1) is 5.56 Å². The van der Waals surface area contributed by atoms with Crippen molar-refractivity contribution in [1.82, 2.24) is 0 Å². The van der Waals surface area contributed by atoms with E-state index in [0.29, 0.717) is 15.5 Å². The zero-order valence-corrected chi connectivity index (χ0v) is 15.9. The van der Waals surface area contributed by atoms with Gasteiger partial charge in [-0.3, -0.25) is 4.79 Å². The number of ketones is 1. The molecule has 0 spiro atoms. The van der Waals surface area contributed by atoms with Crippen LogP contribution in [0.25, 0.3) is 0 Å². The third-order valence-electron chi connectivity index (χ3n) is 4.10. The van der Waals surface area contributed by atoms with E-state index in [9.17, 15) is 14.7 Å². The lowest BCUT2D eigenvalue weighted by Gasteiger charge is -2.18. The molecule has 1 atom stereocenters. The summed E-state index contributed by atoms with van der Waals surface area (Å²) < 4.78 is 0. The summed E-state index contributed by atoms with van der Waals surface area (Å²) in [6, 6.07) is 23.2. The van der Waals surface area contributed by atoms with Gasteiger partial charge < -0.3 is 5.11 Å². The first-order valence-corrected chi connectivity index (χ1v) is 9.63. The van der Waals surface area contributed by atoms with Crippen LogP contribution in [-0.4, -0.2) is 16.9 Å². The van der Waals surface area contributed by atoms with Gasteiger partial charge in [0.15, 0.2) is 5.78 Å². The lowest BCUT2D eigenvalue weighted by molar-refractivity contribution is 0.0693. The Balaban J connectivity index is 1.92. The van der Waals surface area contributed by atoms with Gasteiger partial charge in [-0.15, -0.1) is 11.8 Å². The van der Waals surface area contributed by atoms with Crippen molar-refractivity contribution in [3.05, 3.63) is 101 Å². The topological polar surface area (TPSA) is 54.4 Å². The van der Waals surface area contributed by atoms with Gasteiger partial charge in [-0.1, -0.05) is 66.2 Å². The molecule has 0 heterocycles. The van der Waals surface area contributed by atoms with Gasteiger partial charge in [0.25, 0.3) is 0 Å². The van der Waals surface area contributed by atoms with Crippen molar-refractivity contribution in [1.29, 1.82) is 0 Å². The van der Waals surface area contributed by atoms with Crippen LogP contribution in [0.3, 0.4) is 0 Å². The number of thioether (sulfide) groups is 1. The maximum absolute atomic E-state index is 12.7. The molecule has 0 saturated carbocycles. The minimum Gasteiger partial charge on any atom is -0.478 e. The SMILES string of the molecule is O=C(C[C@H](Sc1ccccc1C(=O)O)c1ccc(Cl)cc1)c1ccccc1. The van der Waals surface area contributed by atoms with Crippen molar-refractivity contribution in [2.24, 2.45) is 0 Å². The Hall–Kier alpha value is -2.56. The molecule has 0 aliphatic carbocycles. The van der Waals surface area contributed by atoms with Crippen LogP contribution in [0.1, 0.15) is 38.0 Å². The molecule has 0 radical (unpaired) electrons. The highest BCUT2D eigenvalue weighted by atomic mass is 35.5. The molecule has 1 N–H and O–H groups in total. The van der Waals surface area contributed by atoms with Crippen molar-refractivity contribution in [3.63, 3.8) is 0 Å². The monoisotopic (exact) mass is 396 g/mol. The Morgan fingerprint density at radius 3 is 2.19 bits per heavy atom. The molecule has 0 amide bonds. The number of carbonyl (C=O) groups is 2. The summed E-state index contributed by atoms with van der Waals surface area (Å²) >= 11 is 7.37. The van der Waals surface area contributed by atoms with E-state index in [1.165, 1.54) is 11.8 Å². The molecular weight excluding hydrogens is 380 g/mol. The molecule has 3 nitrogen and oxygen atoms in total. The summed E-state index contributed by atoms with van der Waals surface area (Å²) in [4.78, 5) is 24.9. The lowest BCUT2D eigenvalue weighted by atomic mass is 10.0. The molecule has 136 valence electrons. The Morgan fingerprint density at radius 1 is 0.889 bits per heavy atom. The summed E-state index contributed by atoms with van der Waals surface area (Å²) in [6.07, 6.45) is 0.254. The van der Waals surface area contributed by atoms with Gasteiger partial charge in [-0.25, -0.2) is 4.79 Å². The molecule has 5 heteroatoms. The average Bonchev–Trinajstić information content (AvgIpc) is 2.69. The quantitative estimate of drug-likeness (QED) is 0.384. The molecule has 3 rings (SSSR count). The van der Waals surface area contributed by atoms with Crippen LogP contribution in [-0.2, 0) is 0 Å². The van der Waals surface area contributed by atoms with Crippen LogP contribution in [0.4, 0.5) is 0 Å². The lowest BCUT2D eigenvalue weighted by Crippen LogP contribution is -2.06. The Morgan fingerprint density at radius 2 is 1.52 bits per heavy atom. The number of rotatable bonds is 7. The van der Waals surface area contributed by atoms with Crippen LogP contribution >= 0.6 is 23.4 Å². The minimum atomic E-state index is -0.984. The molecule has 3 aromatic carbocycles. The van der Waals surface area contributed by atoms with Crippen LogP contribution in [0.2, 0.25) is 5.02 Å². The molecule has 0 aliphatic heterocycles. The van der Waals surface area contributed by atoms with Crippen molar-refractivity contribution < 1.29 is 14.7 Å². The summed E-state index contributed by atoms with van der Waals surface area (Å²) in [7, 11) is 0. The zero-order chi connectivity index (χ0) is 19.2. The maximum Gasteiger partial charge on any atom is 0.336 e. The first-order chi connectivity index (χ1) is 13.0. The fourth-order valence-corrected chi connectivity index (χ4v) is 4.11. The average molecular weight is 397 g/mol. The van der Waals surface area contributed by atoms with Gasteiger partial charge >= 0.3 is 5.97 Å². The molecule has 0 unspecified atom stereocenters. The van der Waals surface area contributed by atoms with Gasteiger partial charge in [0.1, 0.15) is 0 Å². The van der Waals surface area contributed by atoms with Crippen LogP contribution in [0.5, 0.6) is 0 Å². The number of aromatic carboxylic acids is 1. The Kier molecular flexibility index (Phi) is 6.32. The van der Waals surface area contributed by atoms with Gasteiger partial charge in [-0.2, -0.15) is 0 Å². The van der Waals surface area contributed by atoms with Crippen LogP contribution < -0.4 is 0 Å². The normalized spacial score (nSPS) is 11.7. The van der Waals surface area contributed by atoms with Gasteiger partial charge in [-0.05, 0) is 29.8 Å². The molecule has 3 aromatic rings. The summed E-state index contributed by atoms with van der Waals surface area (Å²) in [6.45, 7) is 0. The van der Waals surface area contributed by atoms with E-state index in [-0.39, 0.29) is 23.0 Å². The van der Waals surface area contributed by atoms with Crippen molar-refractivity contribution in [3.8, 4) is 0 Å². The maximum atomic E-state index is 12.7. The van der Waals surface area contributed by atoms with Crippen LogP contribution in [0, 0.1) is 0 Å². The first-order valence-electron chi connectivity index (χ1n) is 8.37. The molecule has 0 bridgehead atoms. The standard InChI is InChI=1S/C22H17ClO3S/c23-17-12-10-16(11-13-17)21(14-19(24)15-6-2-1-3-7-15)27-20-9-5-4-8-18(20)22(25)26/h1-13,21H,14H2,(H,25,26)/t21-/m0/s1. The first kappa shape index (κ1) is 19.2. The zero-order valence-electron chi connectivity index (χ0n) is 14.3. The predicted octanol–water partition coefficient (Wildman–Crippen LogP) is 6.14. The number of hydrogen-bond acceptors (Lipinski definition) is 3. The number of Topliss-reactive ketones (excluding diaryl/α,β-unsaturated/α-hetero) is 1.